The molecule has 1 atom stereocenters. The summed E-state index contributed by atoms with van der Waals surface area (Å²) in [6.45, 7) is 5.58. The van der Waals surface area contributed by atoms with Gasteiger partial charge in [-0.05, 0) is 12.5 Å². The lowest BCUT2D eigenvalue weighted by Gasteiger charge is -2.20. The average Bonchev–Trinajstić information content (AvgIpc) is 2.30. The zero-order chi connectivity index (χ0) is 11.5. The zero-order valence-corrected chi connectivity index (χ0v) is 10.5. The van der Waals surface area contributed by atoms with Gasteiger partial charge in [-0.3, -0.25) is 0 Å². The molecule has 2 N–H and O–H groups in total. The van der Waals surface area contributed by atoms with Crippen LogP contribution >= 0.6 is 11.8 Å². The van der Waals surface area contributed by atoms with Crippen LogP contribution in [0.2, 0.25) is 0 Å². The van der Waals surface area contributed by atoms with E-state index in [0.29, 0.717) is 18.5 Å². The van der Waals surface area contributed by atoms with Crippen LogP contribution < -0.4 is 15.2 Å². The van der Waals surface area contributed by atoms with Crippen molar-refractivity contribution in [1.29, 1.82) is 0 Å². The molecule has 1 aliphatic heterocycles. The molecule has 1 aromatic carbocycles. The first-order valence-electron chi connectivity index (χ1n) is 5.56. The molecule has 0 aliphatic carbocycles. The number of fused-ring (bicyclic) bond motifs is 1. The lowest BCUT2D eigenvalue weighted by Crippen LogP contribution is -2.15. The predicted octanol–water partition coefficient (Wildman–Crippen LogP) is 2.93. The number of anilines is 1. The van der Waals surface area contributed by atoms with Crippen molar-refractivity contribution >= 4 is 17.4 Å². The van der Waals surface area contributed by atoms with Gasteiger partial charge < -0.3 is 15.2 Å². The Balaban J connectivity index is 2.25. The molecular weight excluding hydrogens is 222 g/mol. The minimum atomic E-state index is 0.560. The van der Waals surface area contributed by atoms with Gasteiger partial charge in [0.05, 0.1) is 0 Å². The molecule has 3 nitrogen and oxygen atoms in total. The molecule has 0 amide bonds. The third-order valence-corrected chi connectivity index (χ3v) is 3.92. The predicted molar refractivity (Wildman–Crippen MR) is 67.5 cm³/mol. The van der Waals surface area contributed by atoms with Crippen molar-refractivity contribution in [2.75, 3.05) is 18.9 Å². The Hall–Kier alpha value is -1.03. The zero-order valence-electron chi connectivity index (χ0n) is 9.66. The second kappa shape index (κ2) is 4.87. The Bertz CT molecular complexity index is 382. The second-order valence-electron chi connectivity index (χ2n) is 3.87. The van der Waals surface area contributed by atoms with Crippen LogP contribution in [0.25, 0.3) is 0 Å². The maximum absolute atomic E-state index is 5.99. The van der Waals surface area contributed by atoms with Gasteiger partial charge in [0.2, 0.25) is 0 Å². The maximum Gasteiger partial charge on any atom is 0.163 e. The molecule has 0 spiro atoms. The second-order valence-corrected chi connectivity index (χ2v) is 5.35. The molecule has 1 heterocycles. The van der Waals surface area contributed by atoms with Gasteiger partial charge in [-0.1, -0.05) is 13.8 Å². The summed E-state index contributed by atoms with van der Waals surface area (Å²) in [7, 11) is 0. The standard InChI is InChI=1S/C12H17NO2S/c1-3-8(2)16-12-7-11-10(6-9(12)13)14-4-5-15-11/h6-8H,3-5,13H2,1-2H3. The molecule has 0 aromatic heterocycles. The van der Waals surface area contributed by atoms with E-state index >= 15 is 0 Å². The molecule has 1 aliphatic rings. The van der Waals surface area contributed by atoms with Crippen LogP contribution in [0, 0.1) is 0 Å². The van der Waals surface area contributed by atoms with Crippen LogP contribution in [0.1, 0.15) is 20.3 Å². The van der Waals surface area contributed by atoms with Crippen molar-refractivity contribution in [3.8, 4) is 11.5 Å². The van der Waals surface area contributed by atoms with Crippen LogP contribution in [0.4, 0.5) is 5.69 Å². The van der Waals surface area contributed by atoms with Crippen molar-refractivity contribution in [2.45, 2.75) is 30.4 Å². The molecule has 88 valence electrons. The molecule has 0 saturated carbocycles. The SMILES string of the molecule is CCC(C)Sc1cc2c(cc1N)OCCO2. The van der Waals surface area contributed by atoms with Crippen LogP contribution in [0.3, 0.4) is 0 Å². The molecule has 4 heteroatoms. The number of hydrogen-bond acceptors (Lipinski definition) is 4. The van der Waals surface area contributed by atoms with E-state index in [9.17, 15) is 0 Å². The highest BCUT2D eigenvalue weighted by Crippen LogP contribution is 2.40. The van der Waals surface area contributed by atoms with E-state index in [4.69, 9.17) is 15.2 Å². The third kappa shape index (κ3) is 2.38. The first kappa shape index (κ1) is 11.5. The number of hydrogen-bond donors (Lipinski definition) is 1. The topological polar surface area (TPSA) is 44.5 Å². The molecule has 0 fully saturated rings. The van der Waals surface area contributed by atoms with Crippen LogP contribution in [0.5, 0.6) is 11.5 Å². The van der Waals surface area contributed by atoms with Gasteiger partial charge in [-0.25, -0.2) is 0 Å². The summed E-state index contributed by atoms with van der Waals surface area (Å²) in [6.07, 6.45) is 1.12. The number of thioether (sulfide) groups is 1. The average molecular weight is 239 g/mol. The Kier molecular flexibility index (Phi) is 3.49. The highest BCUT2D eigenvalue weighted by atomic mass is 32.2. The van der Waals surface area contributed by atoms with E-state index in [-0.39, 0.29) is 0 Å². The number of nitrogens with two attached hydrogens (primary N) is 1. The quantitative estimate of drug-likeness (QED) is 0.650. The molecule has 1 unspecified atom stereocenters. The third-order valence-electron chi connectivity index (χ3n) is 2.58. The first-order chi connectivity index (χ1) is 7.70. The molecule has 2 rings (SSSR count). The molecular formula is C12H17NO2S. The number of rotatable bonds is 3. The monoisotopic (exact) mass is 239 g/mol. The van der Waals surface area contributed by atoms with E-state index in [1.54, 1.807) is 11.8 Å². The lowest BCUT2D eigenvalue weighted by molar-refractivity contribution is 0.171. The van der Waals surface area contributed by atoms with E-state index in [1.165, 1.54) is 0 Å². The smallest absolute Gasteiger partial charge is 0.163 e. The number of ether oxygens (including phenoxy) is 2. The van der Waals surface area contributed by atoms with Crippen LogP contribution in [0.15, 0.2) is 17.0 Å². The van der Waals surface area contributed by atoms with Gasteiger partial charge in [0.25, 0.3) is 0 Å². The van der Waals surface area contributed by atoms with Crippen LogP contribution in [-0.4, -0.2) is 18.5 Å². The summed E-state index contributed by atoms with van der Waals surface area (Å²) < 4.78 is 11.0. The molecule has 0 radical (unpaired) electrons. The Morgan fingerprint density at radius 2 is 1.94 bits per heavy atom. The van der Waals surface area contributed by atoms with Gasteiger partial charge in [0.1, 0.15) is 13.2 Å². The fourth-order valence-electron chi connectivity index (χ4n) is 1.49. The molecule has 1 aromatic rings. The fraction of sp³-hybridized carbons (Fsp3) is 0.500. The molecule has 0 saturated heterocycles. The van der Waals surface area contributed by atoms with Crippen molar-refractivity contribution in [3.63, 3.8) is 0 Å². The van der Waals surface area contributed by atoms with Crippen molar-refractivity contribution < 1.29 is 9.47 Å². The van der Waals surface area contributed by atoms with Crippen LogP contribution in [-0.2, 0) is 0 Å². The maximum atomic E-state index is 5.99. The summed E-state index contributed by atoms with van der Waals surface area (Å²) in [5.41, 5.74) is 6.76. The Labute approximate surface area is 100 Å². The highest BCUT2D eigenvalue weighted by Gasteiger charge is 2.15. The van der Waals surface area contributed by atoms with Crippen molar-refractivity contribution in [3.05, 3.63) is 12.1 Å². The fourth-order valence-corrected chi connectivity index (χ4v) is 2.46. The van der Waals surface area contributed by atoms with E-state index in [0.717, 1.165) is 28.5 Å². The lowest BCUT2D eigenvalue weighted by atomic mass is 10.2. The molecule has 16 heavy (non-hydrogen) atoms. The van der Waals surface area contributed by atoms with Gasteiger partial charge >= 0.3 is 0 Å². The molecule has 0 bridgehead atoms. The summed E-state index contributed by atoms with van der Waals surface area (Å²) in [5, 5.41) is 0.560. The van der Waals surface area contributed by atoms with E-state index in [1.807, 2.05) is 12.1 Å². The summed E-state index contributed by atoms with van der Waals surface area (Å²) in [4.78, 5) is 1.08. The van der Waals surface area contributed by atoms with Gasteiger partial charge in [0, 0.05) is 21.9 Å². The van der Waals surface area contributed by atoms with Gasteiger partial charge in [-0.2, -0.15) is 0 Å². The minimum absolute atomic E-state index is 0.560. The Morgan fingerprint density at radius 3 is 2.56 bits per heavy atom. The number of nitrogen functional groups attached to an aromatic ring is 1. The Morgan fingerprint density at radius 1 is 1.31 bits per heavy atom. The van der Waals surface area contributed by atoms with Crippen molar-refractivity contribution in [1.82, 2.24) is 0 Å². The summed E-state index contributed by atoms with van der Waals surface area (Å²) in [5.74, 6) is 1.57. The van der Waals surface area contributed by atoms with E-state index in [2.05, 4.69) is 13.8 Å². The number of benzene rings is 1. The van der Waals surface area contributed by atoms with E-state index < -0.39 is 0 Å². The summed E-state index contributed by atoms with van der Waals surface area (Å²) in [6, 6.07) is 3.85. The minimum Gasteiger partial charge on any atom is -0.486 e. The first-order valence-corrected chi connectivity index (χ1v) is 6.44. The van der Waals surface area contributed by atoms with Crippen molar-refractivity contribution in [2.24, 2.45) is 0 Å². The largest absolute Gasteiger partial charge is 0.486 e. The van der Waals surface area contributed by atoms with Gasteiger partial charge in [0.15, 0.2) is 11.5 Å². The normalized spacial score (nSPS) is 15.9. The highest BCUT2D eigenvalue weighted by molar-refractivity contribution is 8.00. The summed E-state index contributed by atoms with van der Waals surface area (Å²) >= 11 is 1.78. The van der Waals surface area contributed by atoms with Gasteiger partial charge in [-0.15, -0.1) is 11.8 Å².